The summed E-state index contributed by atoms with van der Waals surface area (Å²) in [5, 5.41) is 18.8. The second-order valence-corrected chi connectivity index (χ2v) is 11.5. The molecule has 11 N–H and O–H groups in total. The molecule has 0 saturated heterocycles. The molecule has 0 fully saturated rings. The number of fused-ring (bicyclic) bond motifs is 1. The van der Waals surface area contributed by atoms with Gasteiger partial charge in [0.25, 0.3) is 0 Å². The second kappa shape index (κ2) is 17.3. The van der Waals surface area contributed by atoms with E-state index in [4.69, 9.17) is 17.2 Å². The topological polar surface area (TPSA) is 231 Å². The summed E-state index contributed by atoms with van der Waals surface area (Å²) in [6.07, 6.45) is 2.60. The first-order valence-corrected chi connectivity index (χ1v) is 15.7. The molecular formula is C35H42N8O5. The molecule has 4 rings (SSSR count). The highest BCUT2D eigenvalue weighted by Crippen LogP contribution is 2.19. The molecule has 0 bridgehead atoms. The van der Waals surface area contributed by atoms with Crippen molar-refractivity contribution in [3.63, 3.8) is 0 Å². The molecule has 0 aliphatic rings. The number of carbonyl (C=O) groups excluding carboxylic acids is 3. The molecule has 13 heteroatoms. The van der Waals surface area contributed by atoms with Crippen LogP contribution in [0.2, 0.25) is 0 Å². The molecule has 0 aliphatic carbocycles. The number of para-hydroxylation sites is 1. The van der Waals surface area contributed by atoms with Crippen LogP contribution in [0.15, 0.2) is 96.1 Å². The predicted molar refractivity (Wildman–Crippen MR) is 184 cm³/mol. The lowest BCUT2D eigenvalue weighted by molar-refractivity contribution is -0.142. The van der Waals surface area contributed by atoms with E-state index in [1.54, 1.807) is 24.3 Å². The fraction of sp³-hybridized carbons (Fsp3) is 0.286. The first-order chi connectivity index (χ1) is 23.1. The number of amides is 3. The maximum Gasteiger partial charge on any atom is 0.326 e. The van der Waals surface area contributed by atoms with E-state index < -0.39 is 47.9 Å². The van der Waals surface area contributed by atoms with Crippen molar-refractivity contribution >= 4 is 40.6 Å². The Morgan fingerprint density at radius 2 is 1.23 bits per heavy atom. The number of carboxylic acids is 1. The highest BCUT2D eigenvalue weighted by Gasteiger charge is 2.31. The number of hydrogen-bond acceptors (Lipinski definition) is 6. The molecule has 13 nitrogen and oxygen atoms in total. The van der Waals surface area contributed by atoms with E-state index in [1.807, 2.05) is 66.9 Å². The second-order valence-electron chi connectivity index (χ2n) is 11.5. The number of nitrogens with zero attached hydrogens (tertiary/aromatic N) is 1. The minimum atomic E-state index is -1.25. The van der Waals surface area contributed by atoms with Gasteiger partial charge in [0.1, 0.15) is 18.1 Å². The van der Waals surface area contributed by atoms with Gasteiger partial charge in [0, 0.05) is 36.5 Å². The summed E-state index contributed by atoms with van der Waals surface area (Å²) in [5.74, 6) is -3.21. The molecule has 48 heavy (non-hydrogen) atoms. The predicted octanol–water partition coefficient (Wildman–Crippen LogP) is 1.12. The van der Waals surface area contributed by atoms with Crippen LogP contribution in [0.4, 0.5) is 0 Å². The van der Waals surface area contributed by atoms with Gasteiger partial charge in [-0.25, -0.2) is 4.79 Å². The largest absolute Gasteiger partial charge is 0.480 e. The molecule has 1 heterocycles. The third-order valence-electron chi connectivity index (χ3n) is 7.84. The Balaban J connectivity index is 1.51. The first kappa shape index (κ1) is 35.2. The Morgan fingerprint density at radius 3 is 1.79 bits per heavy atom. The Hall–Kier alpha value is -5.69. The molecule has 3 aromatic carbocycles. The van der Waals surface area contributed by atoms with Gasteiger partial charge < -0.3 is 43.2 Å². The zero-order chi connectivity index (χ0) is 34.5. The molecule has 4 atom stereocenters. The van der Waals surface area contributed by atoms with Crippen molar-refractivity contribution < 1.29 is 24.3 Å². The molecule has 3 amide bonds. The summed E-state index contributed by atoms with van der Waals surface area (Å²) >= 11 is 0. The number of rotatable bonds is 17. The highest BCUT2D eigenvalue weighted by atomic mass is 16.4. The molecule has 1 aromatic heterocycles. The third kappa shape index (κ3) is 10.4. The number of aliphatic carboxylic acids is 1. The van der Waals surface area contributed by atoms with Crippen molar-refractivity contribution in [1.29, 1.82) is 0 Å². The summed E-state index contributed by atoms with van der Waals surface area (Å²) in [6, 6.07) is 21.3. The smallest absolute Gasteiger partial charge is 0.326 e. The van der Waals surface area contributed by atoms with Gasteiger partial charge in [-0.3, -0.25) is 19.4 Å². The van der Waals surface area contributed by atoms with E-state index >= 15 is 0 Å². The average Bonchev–Trinajstić information content (AvgIpc) is 3.48. The normalized spacial score (nSPS) is 13.4. The summed E-state index contributed by atoms with van der Waals surface area (Å²) in [5.41, 5.74) is 20.3. The minimum absolute atomic E-state index is 0.0604. The van der Waals surface area contributed by atoms with Gasteiger partial charge in [0.05, 0.1) is 6.04 Å². The van der Waals surface area contributed by atoms with E-state index in [9.17, 15) is 24.3 Å². The van der Waals surface area contributed by atoms with Crippen molar-refractivity contribution in [2.24, 2.45) is 22.2 Å². The van der Waals surface area contributed by atoms with Crippen LogP contribution < -0.4 is 33.2 Å². The van der Waals surface area contributed by atoms with E-state index in [2.05, 4.69) is 25.9 Å². The maximum atomic E-state index is 13.9. The molecule has 0 radical (unpaired) electrons. The van der Waals surface area contributed by atoms with Crippen LogP contribution >= 0.6 is 0 Å². The molecule has 4 aromatic rings. The Kier molecular flexibility index (Phi) is 12.7. The van der Waals surface area contributed by atoms with Gasteiger partial charge in [-0.1, -0.05) is 78.9 Å². The monoisotopic (exact) mass is 654 g/mol. The van der Waals surface area contributed by atoms with E-state index in [1.165, 1.54) is 0 Å². The lowest BCUT2D eigenvalue weighted by atomic mass is 10.0. The number of benzene rings is 3. The number of aromatic amines is 1. The number of carboxylic acid groups (broad SMARTS) is 1. The zero-order valence-electron chi connectivity index (χ0n) is 26.5. The van der Waals surface area contributed by atoms with Crippen molar-refractivity contribution in [3.8, 4) is 0 Å². The van der Waals surface area contributed by atoms with E-state index in [-0.39, 0.29) is 38.2 Å². The van der Waals surface area contributed by atoms with Gasteiger partial charge in [-0.05, 0) is 42.0 Å². The number of aliphatic imine (C=N–C) groups is 1. The summed E-state index contributed by atoms with van der Waals surface area (Å²) in [7, 11) is 0. The summed E-state index contributed by atoms with van der Waals surface area (Å²) in [6.45, 7) is 0.190. The van der Waals surface area contributed by atoms with Gasteiger partial charge >= 0.3 is 5.97 Å². The summed E-state index contributed by atoms with van der Waals surface area (Å²) in [4.78, 5) is 59.9. The zero-order valence-corrected chi connectivity index (χ0v) is 26.5. The van der Waals surface area contributed by atoms with Gasteiger partial charge in [-0.15, -0.1) is 0 Å². The van der Waals surface area contributed by atoms with Crippen LogP contribution in [0, 0.1) is 0 Å². The number of nitrogens with one attached hydrogen (secondary N) is 4. The van der Waals surface area contributed by atoms with Crippen molar-refractivity contribution in [2.45, 2.75) is 56.3 Å². The third-order valence-corrected chi connectivity index (χ3v) is 7.84. The molecule has 4 unspecified atom stereocenters. The fourth-order valence-electron chi connectivity index (χ4n) is 5.33. The molecule has 0 spiro atoms. The van der Waals surface area contributed by atoms with Crippen molar-refractivity contribution in [1.82, 2.24) is 20.9 Å². The number of aromatic nitrogens is 1. The number of carbonyl (C=O) groups is 4. The minimum Gasteiger partial charge on any atom is -0.480 e. The maximum absolute atomic E-state index is 13.9. The van der Waals surface area contributed by atoms with Crippen molar-refractivity contribution in [2.75, 3.05) is 6.54 Å². The van der Waals surface area contributed by atoms with Gasteiger partial charge in [0.15, 0.2) is 5.96 Å². The van der Waals surface area contributed by atoms with Crippen LogP contribution in [0.5, 0.6) is 0 Å². The SMILES string of the molecule is NC(N)=NCCCC(NC(=O)C(Cc1ccccc1)NC(=O)C(Cc1ccccc1)NC(=O)C(N)Cc1c[nH]c2ccccc12)C(=O)O. The Labute approximate surface area is 278 Å². The molecule has 0 saturated carbocycles. The summed E-state index contributed by atoms with van der Waals surface area (Å²) < 4.78 is 0. The standard InChI is InChI=1S/C35H42N8O5/c36-26(20-24-21-40-27-15-8-7-14-25(24)27)31(44)42-29(18-22-10-3-1-4-11-22)33(46)43-30(19-23-12-5-2-6-13-23)32(45)41-28(34(47)48)16-9-17-39-35(37)38/h1-8,10-15,21,26,28-30,40H,9,16-20,36H2,(H,41,45)(H,42,44)(H,43,46)(H,47,48)(H4,37,38,39). The van der Waals surface area contributed by atoms with Gasteiger partial charge in [-0.2, -0.15) is 0 Å². The van der Waals surface area contributed by atoms with Crippen LogP contribution in [-0.2, 0) is 38.4 Å². The Bertz CT molecular complexity index is 1710. The molecular weight excluding hydrogens is 612 g/mol. The van der Waals surface area contributed by atoms with E-state index in [0.29, 0.717) is 6.42 Å². The lowest BCUT2D eigenvalue weighted by Gasteiger charge is -2.25. The van der Waals surface area contributed by atoms with Crippen LogP contribution in [0.1, 0.15) is 29.5 Å². The number of guanidine groups is 1. The fourth-order valence-corrected chi connectivity index (χ4v) is 5.33. The Morgan fingerprint density at radius 1 is 0.708 bits per heavy atom. The van der Waals surface area contributed by atoms with Gasteiger partial charge in [0.2, 0.25) is 17.7 Å². The quantitative estimate of drug-likeness (QED) is 0.0466. The molecule has 252 valence electrons. The number of nitrogens with two attached hydrogens (primary N) is 3. The van der Waals surface area contributed by atoms with Crippen LogP contribution in [-0.4, -0.2) is 70.5 Å². The number of hydrogen-bond donors (Lipinski definition) is 8. The van der Waals surface area contributed by atoms with Crippen LogP contribution in [0.25, 0.3) is 10.9 Å². The first-order valence-electron chi connectivity index (χ1n) is 15.7. The van der Waals surface area contributed by atoms with E-state index in [0.717, 1.165) is 27.6 Å². The highest BCUT2D eigenvalue weighted by molar-refractivity contribution is 5.94. The van der Waals surface area contributed by atoms with Crippen molar-refractivity contribution in [3.05, 3.63) is 108 Å². The average molecular weight is 655 g/mol. The lowest BCUT2D eigenvalue weighted by Crippen LogP contribution is -2.58. The van der Waals surface area contributed by atoms with Crippen LogP contribution in [0.3, 0.4) is 0 Å². The molecule has 0 aliphatic heterocycles. The number of H-pyrrole nitrogens is 1.